The molecule has 3 aliphatic heterocycles. The van der Waals surface area contributed by atoms with Crippen molar-refractivity contribution in [3.63, 3.8) is 0 Å². The number of hydrogen-bond donors (Lipinski definition) is 1. The van der Waals surface area contributed by atoms with E-state index < -0.39 is 15.2 Å². The highest BCUT2D eigenvalue weighted by Crippen LogP contribution is 2.36. The second-order valence-corrected chi connectivity index (χ2v) is 10.9. The minimum atomic E-state index is -3.51. The number of anilines is 1. The van der Waals surface area contributed by atoms with Gasteiger partial charge in [0.05, 0.1) is 36.9 Å². The lowest BCUT2D eigenvalue weighted by Crippen LogP contribution is -2.56. The van der Waals surface area contributed by atoms with Crippen molar-refractivity contribution in [2.75, 3.05) is 51.4 Å². The first-order chi connectivity index (χ1) is 13.8. The summed E-state index contributed by atoms with van der Waals surface area (Å²) in [6, 6.07) is 5.74. The molecule has 0 saturated carbocycles. The molecular weight excluding hydrogens is 390 g/mol. The number of hydrogen-bond acceptors (Lipinski definition) is 7. The minimum absolute atomic E-state index is 0.153. The lowest BCUT2D eigenvalue weighted by Gasteiger charge is -2.43. The van der Waals surface area contributed by atoms with Crippen LogP contribution in [0.3, 0.4) is 0 Å². The summed E-state index contributed by atoms with van der Waals surface area (Å²) in [6.45, 7) is 9.31. The highest BCUT2D eigenvalue weighted by atomic mass is 32.2. The summed E-state index contributed by atoms with van der Waals surface area (Å²) in [5.74, 6) is 0.709. The fraction of sp³-hybridized carbons (Fsp3) is 0.619. The van der Waals surface area contributed by atoms with Crippen molar-refractivity contribution in [1.82, 2.24) is 10.2 Å². The highest BCUT2D eigenvalue weighted by Gasteiger charge is 2.35. The van der Waals surface area contributed by atoms with Gasteiger partial charge in [-0.3, -0.25) is 4.90 Å². The van der Waals surface area contributed by atoms with E-state index in [1.54, 1.807) is 31.5 Å². The van der Waals surface area contributed by atoms with Crippen molar-refractivity contribution in [2.24, 2.45) is 5.41 Å². The van der Waals surface area contributed by atoms with Crippen LogP contribution in [0.4, 0.5) is 5.69 Å². The van der Waals surface area contributed by atoms with Crippen LogP contribution in [0, 0.1) is 5.41 Å². The Balaban J connectivity index is 1.56. The Hall–Kier alpha value is -1.77. The van der Waals surface area contributed by atoms with E-state index in [1.165, 1.54) is 0 Å². The van der Waals surface area contributed by atoms with Crippen molar-refractivity contribution in [2.45, 2.75) is 36.6 Å². The molecule has 2 saturated heterocycles. The number of piperazine rings is 1. The number of nitrogens with one attached hydrogen (secondary N) is 1. The summed E-state index contributed by atoms with van der Waals surface area (Å²) in [4.78, 5) is 5.02. The lowest BCUT2D eigenvalue weighted by molar-refractivity contribution is -0.0660. The molecule has 29 heavy (non-hydrogen) atoms. The fourth-order valence-corrected chi connectivity index (χ4v) is 5.97. The zero-order valence-electron chi connectivity index (χ0n) is 17.4. The van der Waals surface area contributed by atoms with E-state index in [2.05, 4.69) is 29.0 Å². The van der Waals surface area contributed by atoms with Crippen LogP contribution in [-0.2, 0) is 14.6 Å². The van der Waals surface area contributed by atoms with Crippen LogP contribution in [0.25, 0.3) is 0 Å². The largest absolute Gasteiger partial charge is 0.495 e. The van der Waals surface area contributed by atoms with Gasteiger partial charge in [-0.15, -0.1) is 0 Å². The molecule has 1 N–H and O–H groups in total. The number of benzene rings is 1. The predicted octanol–water partition coefficient (Wildman–Crippen LogP) is 1.85. The van der Waals surface area contributed by atoms with Crippen molar-refractivity contribution in [1.29, 1.82) is 0 Å². The van der Waals surface area contributed by atoms with Gasteiger partial charge in [0.2, 0.25) is 0 Å². The van der Waals surface area contributed by atoms with Gasteiger partial charge in [-0.25, -0.2) is 8.42 Å². The molecule has 0 spiro atoms. The molecule has 0 amide bonds. The van der Waals surface area contributed by atoms with E-state index >= 15 is 0 Å². The summed E-state index contributed by atoms with van der Waals surface area (Å²) in [5.41, 5.74) is 0.698. The van der Waals surface area contributed by atoms with Crippen LogP contribution < -0.4 is 15.0 Å². The van der Waals surface area contributed by atoms with Crippen LogP contribution in [0.15, 0.2) is 35.4 Å². The van der Waals surface area contributed by atoms with Gasteiger partial charge < -0.3 is 19.7 Å². The van der Waals surface area contributed by atoms with Crippen molar-refractivity contribution >= 4 is 15.5 Å². The molecule has 7 nitrogen and oxygen atoms in total. The summed E-state index contributed by atoms with van der Waals surface area (Å²) >= 11 is 0. The summed E-state index contributed by atoms with van der Waals surface area (Å²) < 4.78 is 37.5. The Labute approximate surface area is 173 Å². The topological polar surface area (TPSA) is 71.1 Å². The third kappa shape index (κ3) is 4.11. The van der Waals surface area contributed by atoms with E-state index in [4.69, 9.17) is 9.47 Å². The molecule has 3 aliphatic rings. The molecule has 8 heteroatoms. The summed E-state index contributed by atoms with van der Waals surface area (Å²) in [6.07, 6.45) is 4.32. The zero-order valence-corrected chi connectivity index (χ0v) is 18.2. The number of nitrogens with zero attached hydrogens (tertiary/aromatic N) is 2. The second kappa shape index (κ2) is 7.81. The molecule has 160 valence electrons. The number of rotatable bonds is 5. The monoisotopic (exact) mass is 421 g/mol. The van der Waals surface area contributed by atoms with Gasteiger partial charge >= 0.3 is 0 Å². The maximum Gasteiger partial charge on any atom is 0.199 e. The van der Waals surface area contributed by atoms with Gasteiger partial charge in [0.1, 0.15) is 11.1 Å². The predicted molar refractivity (Wildman–Crippen MR) is 113 cm³/mol. The van der Waals surface area contributed by atoms with Gasteiger partial charge in [-0.05, 0) is 36.2 Å². The smallest absolute Gasteiger partial charge is 0.199 e. The number of sulfone groups is 1. The van der Waals surface area contributed by atoms with Crippen molar-refractivity contribution in [3.8, 4) is 5.75 Å². The van der Waals surface area contributed by atoms with Gasteiger partial charge in [-0.1, -0.05) is 19.9 Å². The van der Waals surface area contributed by atoms with Gasteiger partial charge in [-0.2, -0.15) is 0 Å². The van der Waals surface area contributed by atoms with Crippen LogP contribution in [0.5, 0.6) is 5.75 Å². The molecule has 1 aromatic rings. The number of ether oxygens (including phenoxy) is 2. The van der Waals surface area contributed by atoms with Crippen LogP contribution in [0.2, 0.25) is 0 Å². The van der Waals surface area contributed by atoms with Gasteiger partial charge in [0, 0.05) is 26.2 Å². The first-order valence-corrected chi connectivity index (χ1v) is 11.8. The Morgan fingerprint density at radius 2 is 1.90 bits per heavy atom. The average Bonchev–Trinajstić information content (AvgIpc) is 2.66. The third-order valence-electron chi connectivity index (χ3n) is 6.17. The first kappa shape index (κ1) is 20.5. The molecule has 0 aromatic heterocycles. The Kier molecular flexibility index (Phi) is 5.52. The maximum atomic E-state index is 13.3. The molecule has 1 aromatic carbocycles. The molecular formula is C21H31N3O4S. The normalized spacial score (nSPS) is 25.3. The van der Waals surface area contributed by atoms with E-state index in [0.717, 1.165) is 45.1 Å². The van der Waals surface area contributed by atoms with Gasteiger partial charge in [0.15, 0.2) is 9.84 Å². The summed E-state index contributed by atoms with van der Waals surface area (Å²) in [5, 5.41) is 2.41. The van der Waals surface area contributed by atoms with Crippen molar-refractivity contribution in [3.05, 3.63) is 30.5 Å². The van der Waals surface area contributed by atoms with Gasteiger partial charge in [0.25, 0.3) is 0 Å². The molecule has 0 bridgehead atoms. The van der Waals surface area contributed by atoms with Crippen molar-refractivity contribution < 1.29 is 17.9 Å². The SMILES string of the molecule is COc1ccc(S(=O)(=O)C2CC(C)(C)C=CN2)cc1N1CCN(C2COC2)CC1. The third-order valence-corrected chi connectivity index (χ3v) is 8.14. The number of allylic oxidation sites excluding steroid dienone is 1. The quantitative estimate of drug-likeness (QED) is 0.778. The second-order valence-electron chi connectivity index (χ2n) is 8.77. The molecule has 0 radical (unpaired) electrons. The average molecular weight is 422 g/mol. The zero-order chi connectivity index (χ0) is 20.6. The van der Waals surface area contributed by atoms with Crippen LogP contribution >= 0.6 is 0 Å². The van der Waals surface area contributed by atoms with Crippen LogP contribution in [0.1, 0.15) is 20.3 Å². The van der Waals surface area contributed by atoms with Crippen LogP contribution in [-0.4, -0.2) is 71.2 Å². The Morgan fingerprint density at radius 3 is 2.48 bits per heavy atom. The van der Waals surface area contributed by atoms with E-state index in [-0.39, 0.29) is 5.41 Å². The molecule has 1 unspecified atom stereocenters. The molecule has 2 fully saturated rings. The number of methoxy groups -OCH3 is 1. The fourth-order valence-electron chi connectivity index (χ4n) is 4.21. The van der Waals surface area contributed by atoms with E-state index in [9.17, 15) is 8.42 Å². The molecule has 3 heterocycles. The molecule has 1 atom stereocenters. The van der Waals surface area contributed by atoms with E-state index in [0.29, 0.717) is 23.1 Å². The Morgan fingerprint density at radius 1 is 1.17 bits per heavy atom. The molecule has 4 rings (SSSR count). The first-order valence-electron chi connectivity index (χ1n) is 10.2. The highest BCUT2D eigenvalue weighted by molar-refractivity contribution is 7.92. The molecule has 0 aliphatic carbocycles. The Bertz CT molecular complexity index is 872. The minimum Gasteiger partial charge on any atom is -0.495 e. The standard InChI is InChI=1S/C21H31N3O4S/c1-21(2)6-7-22-20(13-21)29(25,26)17-4-5-19(27-3)18(12-17)24-10-8-23(9-11-24)16-14-28-15-16/h4-7,12,16,20,22H,8-11,13-15H2,1-3H3. The maximum absolute atomic E-state index is 13.3. The lowest BCUT2D eigenvalue weighted by atomic mass is 9.88. The van der Waals surface area contributed by atoms with E-state index in [1.807, 2.05) is 6.08 Å². The summed E-state index contributed by atoms with van der Waals surface area (Å²) in [7, 11) is -1.88.